The highest BCUT2D eigenvalue weighted by atomic mass is 32.2. The van der Waals surface area contributed by atoms with E-state index in [1.807, 2.05) is 6.92 Å². The van der Waals surface area contributed by atoms with Gasteiger partial charge in [0.1, 0.15) is 14.0 Å². The van der Waals surface area contributed by atoms with Crippen LogP contribution in [0.2, 0.25) is 0 Å². The molecule has 1 rings (SSSR count). The fourth-order valence-electron chi connectivity index (χ4n) is 1.13. The van der Waals surface area contributed by atoms with Gasteiger partial charge in [0.05, 0.1) is 5.75 Å². The normalized spacial score (nSPS) is 12.8. The Bertz CT molecular complexity index is 571. The number of nitrogens with one attached hydrogen (secondary N) is 1. The Morgan fingerprint density at radius 3 is 2.35 bits per heavy atom. The Balaban J connectivity index is 2.69. The zero-order valence-electron chi connectivity index (χ0n) is 9.63. The highest BCUT2D eigenvalue weighted by Crippen LogP contribution is 2.21. The summed E-state index contributed by atoms with van der Waals surface area (Å²) in [6.45, 7) is 1.85. The molecule has 0 atom stereocenters. The van der Waals surface area contributed by atoms with Gasteiger partial charge in [-0.2, -0.15) is 0 Å². The van der Waals surface area contributed by atoms with Gasteiger partial charge < -0.3 is 0 Å². The van der Waals surface area contributed by atoms with Crippen LogP contribution in [0.5, 0.6) is 0 Å². The van der Waals surface area contributed by atoms with Gasteiger partial charge in [0.25, 0.3) is 0 Å². The smallest absolute Gasteiger partial charge is 0.229 e. The summed E-state index contributed by atoms with van der Waals surface area (Å²) in [6.07, 6.45) is 1.85. The minimum atomic E-state index is -3.57. The lowest BCUT2D eigenvalue weighted by Crippen LogP contribution is -2.28. The van der Waals surface area contributed by atoms with Crippen LogP contribution in [-0.2, 0) is 26.3 Å². The van der Waals surface area contributed by atoms with E-state index in [1.165, 1.54) is 17.4 Å². The standard InChI is InChI=1S/C9H15NO4S3/c1-3-8-4-5-9(15-8)17(13,14)10-6-7-16(2,11)12/h4-5,10H,3,6-7H2,1-2H3. The van der Waals surface area contributed by atoms with E-state index in [-0.39, 0.29) is 16.5 Å². The maximum Gasteiger partial charge on any atom is 0.250 e. The predicted octanol–water partition coefficient (Wildman–Crippen LogP) is 0.633. The summed E-state index contributed by atoms with van der Waals surface area (Å²) in [5.74, 6) is -0.196. The lowest BCUT2D eigenvalue weighted by atomic mass is 10.4. The van der Waals surface area contributed by atoms with Crippen molar-refractivity contribution in [2.45, 2.75) is 17.6 Å². The largest absolute Gasteiger partial charge is 0.250 e. The van der Waals surface area contributed by atoms with Gasteiger partial charge in [0.2, 0.25) is 10.0 Å². The Hall–Kier alpha value is -0.440. The van der Waals surface area contributed by atoms with E-state index >= 15 is 0 Å². The lowest BCUT2D eigenvalue weighted by molar-refractivity contribution is 0.584. The van der Waals surface area contributed by atoms with Crippen LogP contribution in [0.1, 0.15) is 11.8 Å². The topological polar surface area (TPSA) is 80.3 Å². The van der Waals surface area contributed by atoms with Crippen LogP contribution < -0.4 is 4.72 Å². The molecule has 0 aliphatic rings. The number of rotatable bonds is 6. The van der Waals surface area contributed by atoms with Gasteiger partial charge in [-0.3, -0.25) is 0 Å². The lowest BCUT2D eigenvalue weighted by Gasteiger charge is -2.03. The molecule has 0 spiro atoms. The summed E-state index contributed by atoms with van der Waals surface area (Å²) in [5.41, 5.74) is 0. The number of hydrogen-bond acceptors (Lipinski definition) is 5. The fraction of sp³-hybridized carbons (Fsp3) is 0.556. The van der Waals surface area contributed by atoms with Crippen molar-refractivity contribution in [3.8, 4) is 0 Å². The average molecular weight is 297 g/mol. The molecule has 98 valence electrons. The van der Waals surface area contributed by atoms with Gasteiger partial charge in [-0.05, 0) is 18.6 Å². The third-order valence-electron chi connectivity index (χ3n) is 2.02. The molecule has 0 saturated heterocycles. The van der Waals surface area contributed by atoms with Gasteiger partial charge >= 0.3 is 0 Å². The van der Waals surface area contributed by atoms with Crippen molar-refractivity contribution in [1.82, 2.24) is 4.72 Å². The first kappa shape index (κ1) is 14.6. The molecule has 0 radical (unpaired) electrons. The van der Waals surface area contributed by atoms with Crippen LogP contribution in [0, 0.1) is 0 Å². The minimum absolute atomic E-state index is 0.0967. The van der Waals surface area contributed by atoms with E-state index in [2.05, 4.69) is 4.72 Å². The second-order valence-electron chi connectivity index (χ2n) is 3.60. The van der Waals surface area contributed by atoms with E-state index in [0.29, 0.717) is 0 Å². The van der Waals surface area contributed by atoms with E-state index in [4.69, 9.17) is 0 Å². The molecule has 0 aliphatic carbocycles. The van der Waals surface area contributed by atoms with Gasteiger partial charge in [-0.25, -0.2) is 21.6 Å². The molecule has 0 unspecified atom stereocenters. The third kappa shape index (κ3) is 4.74. The summed E-state index contributed by atoms with van der Waals surface area (Å²) in [5, 5.41) is 0. The minimum Gasteiger partial charge on any atom is -0.229 e. The van der Waals surface area contributed by atoms with E-state index in [1.54, 1.807) is 6.07 Å². The summed E-state index contributed by atoms with van der Waals surface area (Å²) in [6, 6.07) is 3.29. The molecule has 1 aromatic heterocycles. The second kappa shape index (κ2) is 5.47. The van der Waals surface area contributed by atoms with Gasteiger partial charge in [0, 0.05) is 17.7 Å². The van der Waals surface area contributed by atoms with Crippen molar-refractivity contribution in [3.05, 3.63) is 17.0 Å². The van der Waals surface area contributed by atoms with Gasteiger partial charge in [0.15, 0.2) is 0 Å². The molecule has 1 heterocycles. The van der Waals surface area contributed by atoms with Crippen LogP contribution in [-0.4, -0.2) is 35.4 Å². The zero-order chi connectivity index (χ0) is 13.1. The van der Waals surface area contributed by atoms with E-state index < -0.39 is 19.9 Å². The summed E-state index contributed by atoms with van der Waals surface area (Å²) >= 11 is 1.20. The average Bonchev–Trinajstić information content (AvgIpc) is 2.63. The first-order chi connectivity index (χ1) is 7.74. The van der Waals surface area contributed by atoms with Crippen molar-refractivity contribution >= 4 is 31.2 Å². The Labute approximate surface area is 106 Å². The van der Waals surface area contributed by atoms with Crippen LogP contribution in [0.15, 0.2) is 16.3 Å². The highest BCUT2D eigenvalue weighted by molar-refractivity contribution is 7.92. The Morgan fingerprint density at radius 1 is 1.24 bits per heavy atom. The van der Waals surface area contributed by atoms with E-state index in [0.717, 1.165) is 17.6 Å². The highest BCUT2D eigenvalue weighted by Gasteiger charge is 2.16. The van der Waals surface area contributed by atoms with Crippen LogP contribution in [0.25, 0.3) is 0 Å². The van der Waals surface area contributed by atoms with Crippen LogP contribution in [0.4, 0.5) is 0 Å². The molecule has 17 heavy (non-hydrogen) atoms. The van der Waals surface area contributed by atoms with Crippen LogP contribution in [0.3, 0.4) is 0 Å². The molecule has 0 saturated carbocycles. The number of thiophene rings is 1. The van der Waals surface area contributed by atoms with Gasteiger partial charge in [-0.1, -0.05) is 6.92 Å². The number of aryl methyl sites for hydroxylation is 1. The monoisotopic (exact) mass is 297 g/mol. The van der Waals surface area contributed by atoms with Crippen molar-refractivity contribution < 1.29 is 16.8 Å². The molecule has 1 N–H and O–H groups in total. The SMILES string of the molecule is CCc1ccc(S(=O)(=O)NCCS(C)(=O)=O)s1. The zero-order valence-corrected chi connectivity index (χ0v) is 12.1. The van der Waals surface area contributed by atoms with Crippen molar-refractivity contribution in [1.29, 1.82) is 0 Å². The van der Waals surface area contributed by atoms with Crippen LogP contribution >= 0.6 is 11.3 Å². The summed E-state index contributed by atoms with van der Waals surface area (Å²) < 4.78 is 47.7. The quantitative estimate of drug-likeness (QED) is 0.835. The van der Waals surface area contributed by atoms with Gasteiger partial charge in [-0.15, -0.1) is 11.3 Å². The molecule has 0 aromatic carbocycles. The van der Waals surface area contributed by atoms with Crippen molar-refractivity contribution in [2.75, 3.05) is 18.6 Å². The first-order valence-electron chi connectivity index (χ1n) is 5.00. The molecule has 1 aromatic rings. The number of hydrogen-bond donors (Lipinski definition) is 1. The summed E-state index contributed by atoms with van der Waals surface area (Å²) in [4.78, 5) is 0.980. The maximum atomic E-state index is 11.8. The predicted molar refractivity (Wildman–Crippen MR) is 68.6 cm³/mol. The Morgan fingerprint density at radius 2 is 1.88 bits per heavy atom. The summed E-state index contributed by atoms with van der Waals surface area (Å²) in [7, 11) is -6.72. The molecule has 0 amide bonds. The number of sulfonamides is 1. The van der Waals surface area contributed by atoms with Crippen molar-refractivity contribution in [3.63, 3.8) is 0 Å². The molecule has 0 fully saturated rings. The fourth-order valence-corrected chi connectivity index (χ4v) is 4.10. The molecule has 0 aliphatic heterocycles. The second-order valence-corrected chi connectivity index (χ2v) is 9.02. The molecule has 8 heteroatoms. The Kier molecular flexibility index (Phi) is 4.70. The first-order valence-corrected chi connectivity index (χ1v) is 9.37. The molecule has 0 bridgehead atoms. The van der Waals surface area contributed by atoms with E-state index in [9.17, 15) is 16.8 Å². The molecular formula is C9H15NO4S3. The number of sulfone groups is 1. The third-order valence-corrected chi connectivity index (χ3v) is 6.14. The van der Waals surface area contributed by atoms with Crippen molar-refractivity contribution in [2.24, 2.45) is 0 Å². The maximum absolute atomic E-state index is 11.8. The molecule has 5 nitrogen and oxygen atoms in total. The molecular weight excluding hydrogens is 282 g/mol.